The van der Waals surface area contributed by atoms with Gasteiger partial charge in [0.25, 0.3) is 0 Å². The molecular formula is C32H42N2O3. The number of carbonyl (C=O) groups excluding carboxylic acids is 2. The van der Waals surface area contributed by atoms with E-state index in [1.165, 1.54) is 31.3 Å². The lowest BCUT2D eigenvalue weighted by Gasteiger charge is -2.58. The molecule has 5 nitrogen and oxygen atoms in total. The lowest BCUT2D eigenvalue weighted by atomic mass is 9.46. The Kier molecular flexibility index (Phi) is 6.13. The predicted molar refractivity (Wildman–Crippen MR) is 146 cm³/mol. The van der Waals surface area contributed by atoms with Gasteiger partial charge in [0.05, 0.1) is 0 Å². The van der Waals surface area contributed by atoms with Crippen LogP contribution in [-0.4, -0.2) is 28.9 Å². The Morgan fingerprint density at radius 1 is 1.08 bits per heavy atom. The summed E-state index contributed by atoms with van der Waals surface area (Å²) in [6.07, 6.45) is 13.4. The van der Waals surface area contributed by atoms with Gasteiger partial charge in [-0.25, -0.2) is 0 Å². The van der Waals surface area contributed by atoms with Crippen molar-refractivity contribution in [1.29, 1.82) is 0 Å². The van der Waals surface area contributed by atoms with Gasteiger partial charge in [-0.15, -0.1) is 0 Å². The van der Waals surface area contributed by atoms with E-state index in [2.05, 4.69) is 31.0 Å². The molecule has 0 spiro atoms. The van der Waals surface area contributed by atoms with Gasteiger partial charge in [-0.2, -0.15) is 0 Å². The van der Waals surface area contributed by atoms with Gasteiger partial charge >= 0.3 is 5.97 Å². The summed E-state index contributed by atoms with van der Waals surface area (Å²) in [5.41, 5.74) is 10.3. The first-order valence-corrected chi connectivity index (χ1v) is 14.4. The number of carbonyl (C=O) groups is 2. The third-order valence-corrected chi connectivity index (χ3v) is 11.2. The second kappa shape index (κ2) is 9.11. The molecule has 1 aromatic carbocycles. The largest absolute Gasteiger partial charge is 0.457 e. The van der Waals surface area contributed by atoms with Crippen molar-refractivity contribution in [2.24, 2.45) is 40.2 Å². The van der Waals surface area contributed by atoms with Gasteiger partial charge in [-0.1, -0.05) is 37.6 Å². The van der Waals surface area contributed by atoms with Crippen molar-refractivity contribution in [2.75, 3.05) is 0 Å². The molecule has 198 valence electrons. The molecular weight excluding hydrogens is 460 g/mol. The summed E-state index contributed by atoms with van der Waals surface area (Å²) in [7, 11) is 0. The predicted octanol–water partition coefficient (Wildman–Crippen LogP) is 6.12. The molecule has 3 saturated carbocycles. The molecule has 4 aliphatic rings. The number of allylic oxidation sites excluding steroid dienone is 1. The first-order chi connectivity index (χ1) is 17.7. The van der Waals surface area contributed by atoms with Crippen LogP contribution in [0.25, 0.3) is 10.9 Å². The molecule has 4 aliphatic carbocycles. The van der Waals surface area contributed by atoms with Crippen LogP contribution in [0, 0.1) is 34.5 Å². The summed E-state index contributed by atoms with van der Waals surface area (Å²) in [6, 6.07) is 7.42. The van der Waals surface area contributed by atoms with Crippen LogP contribution in [-0.2, 0) is 20.7 Å². The van der Waals surface area contributed by atoms with Crippen LogP contribution in [0.1, 0.15) is 77.7 Å². The van der Waals surface area contributed by atoms with E-state index in [1.54, 1.807) is 0 Å². The van der Waals surface area contributed by atoms with Gasteiger partial charge in [-0.3, -0.25) is 9.59 Å². The highest BCUT2D eigenvalue weighted by Crippen LogP contribution is 2.66. The molecule has 1 heterocycles. The van der Waals surface area contributed by atoms with E-state index in [-0.39, 0.29) is 28.8 Å². The van der Waals surface area contributed by atoms with Crippen LogP contribution in [0.4, 0.5) is 0 Å². The van der Waals surface area contributed by atoms with Crippen LogP contribution in [0.2, 0.25) is 0 Å². The maximum absolute atomic E-state index is 13.0. The Labute approximate surface area is 220 Å². The lowest BCUT2D eigenvalue weighted by Crippen LogP contribution is -2.51. The van der Waals surface area contributed by atoms with Crippen molar-refractivity contribution in [2.45, 2.75) is 90.7 Å². The Morgan fingerprint density at radius 3 is 2.70 bits per heavy atom. The molecule has 3 fully saturated rings. The average molecular weight is 503 g/mol. The summed E-state index contributed by atoms with van der Waals surface area (Å²) in [4.78, 5) is 28.6. The third kappa shape index (κ3) is 4.00. The number of ether oxygens (including phenoxy) is 1. The third-order valence-electron chi connectivity index (χ3n) is 11.2. The van der Waals surface area contributed by atoms with E-state index in [9.17, 15) is 9.59 Å². The summed E-state index contributed by atoms with van der Waals surface area (Å²) in [5.74, 6) is 2.42. The van der Waals surface area contributed by atoms with E-state index in [4.69, 9.17) is 10.5 Å². The zero-order valence-electron chi connectivity index (χ0n) is 22.6. The minimum atomic E-state index is -0.672. The smallest absolute Gasteiger partial charge is 0.323 e. The van der Waals surface area contributed by atoms with Gasteiger partial charge in [0.2, 0.25) is 0 Å². The molecule has 2 aromatic rings. The number of aromatic nitrogens is 1. The first-order valence-electron chi connectivity index (χ1n) is 14.4. The highest BCUT2D eigenvalue weighted by molar-refractivity contribution is 5.84. The molecule has 0 aliphatic heterocycles. The molecule has 3 unspecified atom stereocenters. The number of H-pyrrole nitrogens is 1. The number of nitrogens with two attached hydrogens (primary N) is 1. The first kappa shape index (κ1) is 24.9. The quantitative estimate of drug-likeness (QED) is 0.381. The highest BCUT2D eigenvalue weighted by atomic mass is 16.5. The summed E-state index contributed by atoms with van der Waals surface area (Å²) in [5, 5.41) is 1.11. The van der Waals surface area contributed by atoms with E-state index in [0.717, 1.165) is 42.1 Å². The fourth-order valence-corrected chi connectivity index (χ4v) is 9.31. The second-order valence-corrected chi connectivity index (χ2v) is 13.0. The van der Waals surface area contributed by atoms with Gasteiger partial charge in [0.15, 0.2) is 0 Å². The summed E-state index contributed by atoms with van der Waals surface area (Å²) < 4.78 is 5.98. The summed E-state index contributed by atoms with van der Waals surface area (Å²) in [6.45, 7) is 6.69. The molecule has 3 N–H and O–H groups in total. The van der Waals surface area contributed by atoms with E-state index in [1.807, 2.05) is 31.3 Å². The Morgan fingerprint density at radius 2 is 1.89 bits per heavy atom. The van der Waals surface area contributed by atoms with Crippen molar-refractivity contribution in [1.82, 2.24) is 4.98 Å². The van der Waals surface area contributed by atoms with Gasteiger partial charge < -0.3 is 15.5 Å². The van der Waals surface area contributed by atoms with Crippen molar-refractivity contribution in [3.8, 4) is 0 Å². The number of hydrogen-bond acceptors (Lipinski definition) is 4. The Bertz CT molecular complexity index is 1250. The maximum Gasteiger partial charge on any atom is 0.323 e. The molecule has 0 saturated heterocycles. The van der Waals surface area contributed by atoms with Crippen LogP contribution < -0.4 is 5.73 Å². The number of aromatic amines is 1. The molecule has 0 bridgehead atoms. The highest BCUT2D eigenvalue weighted by Gasteiger charge is 2.59. The number of fused-ring (bicyclic) bond motifs is 6. The number of rotatable bonds is 5. The van der Waals surface area contributed by atoms with Crippen molar-refractivity contribution in [3.63, 3.8) is 0 Å². The molecule has 8 atom stereocenters. The molecule has 0 radical (unpaired) electrons. The number of para-hydroxylation sites is 1. The Hall–Kier alpha value is -2.40. The van der Waals surface area contributed by atoms with Crippen LogP contribution in [0.15, 0.2) is 42.1 Å². The van der Waals surface area contributed by atoms with E-state index >= 15 is 0 Å². The molecule has 5 heteroatoms. The second-order valence-electron chi connectivity index (χ2n) is 13.0. The molecule has 0 amide bonds. The van der Waals surface area contributed by atoms with Crippen molar-refractivity contribution >= 4 is 22.7 Å². The molecule has 37 heavy (non-hydrogen) atoms. The normalized spacial score (nSPS) is 37.7. The number of esters is 1. The number of benzene rings is 1. The minimum absolute atomic E-state index is 0.177. The lowest BCUT2D eigenvalue weighted by molar-refractivity contribution is -0.150. The number of Topliss-reactive ketones (excluding diaryl/α,β-unsaturated/α-hetero) is 1. The van der Waals surface area contributed by atoms with Crippen LogP contribution in [0.5, 0.6) is 0 Å². The van der Waals surface area contributed by atoms with Crippen LogP contribution >= 0.6 is 0 Å². The van der Waals surface area contributed by atoms with Gasteiger partial charge in [0, 0.05) is 29.4 Å². The zero-order chi connectivity index (χ0) is 25.9. The number of hydrogen-bond donors (Lipinski definition) is 2. The van der Waals surface area contributed by atoms with Gasteiger partial charge in [0.1, 0.15) is 17.9 Å². The maximum atomic E-state index is 13.0. The molecule has 1 aromatic heterocycles. The van der Waals surface area contributed by atoms with E-state index < -0.39 is 6.04 Å². The SMILES string of the molecule is CC(=O)[C@H]1CCC2C3CCC4=C[C@@H](OC(=O)[C@@H](N)Cc5c[nH]c6ccccc56)CC[C@]4(C)C3CC[C@@]21C. The van der Waals surface area contributed by atoms with E-state index in [0.29, 0.717) is 30.0 Å². The average Bonchev–Trinajstić information content (AvgIpc) is 3.45. The molecule has 6 rings (SSSR count). The zero-order valence-corrected chi connectivity index (χ0v) is 22.6. The minimum Gasteiger partial charge on any atom is -0.457 e. The Balaban J connectivity index is 1.13. The summed E-state index contributed by atoms with van der Waals surface area (Å²) >= 11 is 0. The van der Waals surface area contributed by atoms with Crippen molar-refractivity contribution < 1.29 is 14.3 Å². The van der Waals surface area contributed by atoms with Crippen LogP contribution in [0.3, 0.4) is 0 Å². The fourth-order valence-electron chi connectivity index (χ4n) is 9.31. The monoisotopic (exact) mass is 502 g/mol. The fraction of sp³-hybridized carbons (Fsp3) is 0.625. The number of ketones is 1. The standard InChI is InChI=1S/C32H42N2O3/c1-19(35)25-10-11-26-24-9-8-21-17-22(12-14-31(21,2)27(24)13-15-32(25,26)3)37-30(36)28(33)16-20-18-34-29-7-5-4-6-23(20)29/h4-7,17-18,22,24-28,34H,8-16,33H2,1-3H3/t22-,24?,25+,26?,27?,28-,31-,32+/m0/s1. The number of nitrogens with one attached hydrogen (secondary N) is 1. The van der Waals surface area contributed by atoms with Gasteiger partial charge in [-0.05, 0) is 105 Å². The van der Waals surface area contributed by atoms with Crippen molar-refractivity contribution in [3.05, 3.63) is 47.7 Å². The topological polar surface area (TPSA) is 85.2 Å².